The normalized spacial score (nSPS) is 22.6. The van der Waals surface area contributed by atoms with E-state index in [0.29, 0.717) is 80.7 Å². The summed E-state index contributed by atoms with van der Waals surface area (Å²) in [7, 11) is 3.30. The summed E-state index contributed by atoms with van der Waals surface area (Å²) in [6.07, 6.45) is 7.15. The molecule has 326 valence electrons. The number of hydrogen-bond donors (Lipinski definition) is 3. The van der Waals surface area contributed by atoms with Crippen LogP contribution in [0.25, 0.3) is 21.8 Å². The van der Waals surface area contributed by atoms with E-state index in [-0.39, 0.29) is 47.3 Å². The van der Waals surface area contributed by atoms with Crippen LogP contribution in [0.1, 0.15) is 74.5 Å². The lowest BCUT2D eigenvalue weighted by Crippen LogP contribution is -2.44. The number of alkyl halides is 2. The maximum atomic E-state index is 16.2. The first-order valence-corrected chi connectivity index (χ1v) is 21.9. The lowest BCUT2D eigenvalue weighted by Gasteiger charge is -2.38. The first-order chi connectivity index (χ1) is 29.8. The monoisotopic (exact) mass is 872 g/mol. The van der Waals surface area contributed by atoms with Crippen molar-refractivity contribution in [1.82, 2.24) is 34.5 Å². The molecule has 5 aromatic rings. The third-order valence-electron chi connectivity index (χ3n) is 13.6. The second-order valence-corrected chi connectivity index (χ2v) is 18.1. The van der Waals surface area contributed by atoms with Gasteiger partial charge in [0.2, 0.25) is 23.5 Å². The topological polar surface area (TPSA) is 152 Å². The largest absolute Gasteiger partial charge is 0.480 e. The number of anilines is 4. The number of piperidine rings is 3. The fourth-order valence-corrected chi connectivity index (χ4v) is 10.2. The maximum Gasteiger partial charge on any atom is 0.301 e. The van der Waals surface area contributed by atoms with E-state index in [0.717, 1.165) is 58.4 Å². The number of rotatable bonds is 8. The van der Waals surface area contributed by atoms with Gasteiger partial charge in [-0.2, -0.15) is 10.1 Å². The number of benzene rings is 2. The molecule has 3 N–H and O–H groups in total. The highest BCUT2D eigenvalue weighted by molar-refractivity contribution is 6.33. The molecule has 7 heterocycles. The van der Waals surface area contributed by atoms with Crippen molar-refractivity contribution < 1.29 is 27.5 Å². The number of likely N-dealkylation sites (tertiary alicyclic amines) is 1. The molecule has 62 heavy (non-hydrogen) atoms. The summed E-state index contributed by atoms with van der Waals surface area (Å²) in [5.41, 5.74) is 2.54. The Bertz CT molecular complexity index is 2670. The molecule has 10 rings (SSSR count). The molecule has 2 atom stereocenters. The fraction of sp³-hybridized carbons (Fsp3) is 0.500. The van der Waals surface area contributed by atoms with Crippen molar-refractivity contribution in [2.75, 3.05) is 54.9 Å². The van der Waals surface area contributed by atoms with Crippen molar-refractivity contribution in [2.24, 2.45) is 25.9 Å². The van der Waals surface area contributed by atoms with Gasteiger partial charge in [0, 0.05) is 56.6 Å². The zero-order chi connectivity index (χ0) is 43.0. The molecule has 14 nitrogen and oxygen atoms in total. The molecule has 5 aliphatic rings. The Balaban J connectivity index is 0.770. The number of nitrogens with zero attached hydrogens (tertiary/aromatic N) is 7. The molecule has 1 aliphatic carbocycles. The highest BCUT2D eigenvalue weighted by Gasteiger charge is 2.51. The first kappa shape index (κ1) is 40.6. The van der Waals surface area contributed by atoms with Crippen molar-refractivity contribution in [3.05, 3.63) is 69.0 Å². The molecular formula is C44H48ClF3N10O4. The molecule has 1 unspecified atom stereocenters. The van der Waals surface area contributed by atoms with Crippen molar-refractivity contribution >= 4 is 68.4 Å². The summed E-state index contributed by atoms with van der Waals surface area (Å²) in [6, 6.07) is 7.95. The highest BCUT2D eigenvalue weighted by Crippen LogP contribution is 2.46. The average molecular weight is 873 g/mol. The van der Waals surface area contributed by atoms with Crippen LogP contribution in [-0.4, -0.2) is 92.3 Å². The Hall–Kier alpha value is -5.42. The van der Waals surface area contributed by atoms with E-state index < -0.39 is 30.0 Å². The van der Waals surface area contributed by atoms with Crippen LogP contribution in [0, 0.1) is 17.7 Å². The molecule has 3 aromatic heterocycles. The predicted octanol–water partition coefficient (Wildman–Crippen LogP) is 6.59. The second-order valence-electron chi connectivity index (χ2n) is 17.7. The third kappa shape index (κ3) is 7.39. The molecule has 4 fully saturated rings. The Kier molecular flexibility index (Phi) is 10.3. The fourth-order valence-electron chi connectivity index (χ4n) is 10.0. The number of aryl methyl sites for hydroxylation is 2. The van der Waals surface area contributed by atoms with E-state index in [1.54, 1.807) is 38.5 Å². The number of ether oxygens (including phenoxy) is 1. The van der Waals surface area contributed by atoms with Gasteiger partial charge in [0.1, 0.15) is 10.5 Å². The number of carbonyl (C=O) groups excluding carboxylic acids is 2. The Labute approximate surface area is 360 Å². The molecule has 4 aliphatic heterocycles. The molecule has 2 amide bonds. The number of nitrogens with one attached hydrogen (secondary N) is 3. The minimum atomic E-state index is -3.14. The van der Waals surface area contributed by atoms with Crippen molar-refractivity contribution in [2.45, 2.75) is 75.2 Å². The van der Waals surface area contributed by atoms with Gasteiger partial charge in [-0.25, -0.2) is 18.2 Å². The quantitative estimate of drug-likeness (QED) is 0.145. The smallest absolute Gasteiger partial charge is 0.301 e. The van der Waals surface area contributed by atoms with Gasteiger partial charge in [-0.15, -0.1) is 0 Å². The number of fused-ring (bicyclic) bond motifs is 4. The average Bonchev–Trinajstić information content (AvgIpc) is 4.06. The van der Waals surface area contributed by atoms with E-state index in [2.05, 4.69) is 35.8 Å². The molecule has 0 bridgehead atoms. The lowest BCUT2D eigenvalue weighted by molar-refractivity contribution is -0.134. The van der Waals surface area contributed by atoms with Gasteiger partial charge in [0.15, 0.2) is 18.2 Å². The summed E-state index contributed by atoms with van der Waals surface area (Å²) in [5, 5.41) is 14.8. The summed E-state index contributed by atoms with van der Waals surface area (Å²) in [4.78, 5) is 51.5. The number of pyridine rings is 1. The van der Waals surface area contributed by atoms with Crippen LogP contribution >= 0.6 is 11.6 Å². The molecule has 3 saturated heterocycles. The zero-order valence-corrected chi connectivity index (χ0v) is 35.3. The van der Waals surface area contributed by atoms with E-state index in [1.807, 2.05) is 12.1 Å². The number of carbonyl (C=O) groups is 2. The van der Waals surface area contributed by atoms with E-state index in [4.69, 9.17) is 21.3 Å². The SMILES string of the molecule is Cn1nc(C2CCC(=O)NC2=O)c2ccc(C3CCN(CC4CCN(c5ncc(Cl)c(Nc6ccc7c(c6)c6c(c(=O)n7C)OCC(F)(F)[C@H](C7CC7)N6)n5)CC4)CC3)c(F)c21. The minimum Gasteiger partial charge on any atom is -0.480 e. The zero-order valence-electron chi connectivity index (χ0n) is 34.5. The Morgan fingerprint density at radius 3 is 2.48 bits per heavy atom. The number of halogens is 4. The van der Waals surface area contributed by atoms with Gasteiger partial charge in [0.05, 0.1) is 35.1 Å². The van der Waals surface area contributed by atoms with Gasteiger partial charge >= 0.3 is 5.92 Å². The van der Waals surface area contributed by atoms with E-state index in [9.17, 15) is 14.4 Å². The van der Waals surface area contributed by atoms with E-state index >= 15 is 13.2 Å². The van der Waals surface area contributed by atoms with Gasteiger partial charge in [0.25, 0.3) is 5.56 Å². The van der Waals surface area contributed by atoms with Crippen LogP contribution in [-0.2, 0) is 23.7 Å². The molecular weight excluding hydrogens is 825 g/mol. The summed E-state index contributed by atoms with van der Waals surface area (Å²) in [6.45, 7) is 3.38. The minimum absolute atomic E-state index is 0.0768. The first-order valence-electron chi connectivity index (χ1n) is 21.5. The molecule has 0 radical (unpaired) electrons. The van der Waals surface area contributed by atoms with Crippen LogP contribution < -0.4 is 31.1 Å². The number of amides is 2. The van der Waals surface area contributed by atoms with Gasteiger partial charge in [-0.1, -0.05) is 23.7 Å². The molecule has 0 spiro atoms. The van der Waals surface area contributed by atoms with Crippen LogP contribution in [0.3, 0.4) is 0 Å². The van der Waals surface area contributed by atoms with Gasteiger partial charge in [-0.05, 0) is 99.6 Å². The summed E-state index contributed by atoms with van der Waals surface area (Å²) >= 11 is 6.62. The lowest BCUT2D eigenvalue weighted by atomic mass is 9.86. The van der Waals surface area contributed by atoms with Crippen LogP contribution in [0.2, 0.25) is 5.02 Å². The Morgan fingerprint density at radius 2 is 1.74 bits per heavy atom. The Morgan fingerprint density at radius 1 is 0.968 bits per heavy atom. The van der Waals surface area contributed by atoms with Gasteiger partial charge in [-0.3, -0.25) is 24.4 Å². The summed E-state index contributed by atoms with van der Waals surface area (Å²) in [5.74, 6) is -3.48. The number of hydrogen-bond acceptors (Lipinski definition) is 11. The van der Waals surface area contributed by atoms with E-state index in [1.165, 1.54) is 9.25 Å². The summed E-state index contributed by atoms with van der Waals surface area (Å²) < 4.78 is 54.9. The maximum absolute atomic E-state index is 16.2. The molecule has 2 aromatic carbocycles. The standard InChI is InChI=1S/C44H48ClF3N10O4/c1-55-32-9-5-26(19-30(32)36-38(42(55)61)62-22-44(47,48)39(52-36)25-3-4-25)50-40-31(45)20-49-43(53-40)58-17-11-23(12-18-58)21-57-15-13-24(14-16-57)27-6-7-28-35(54-56(2)37(28)34(27)46)29-8-10-33(59)51-41(29)60/h5-7,9,19-20,23-25,29,39,52H,3-4,8,10-18,21-22H2,1-2H3,(H,49,50,53)(H,51,59,60)/t29?,39-/m0/s1. The van der Waals surface area contributed by atoms with Crippen LogP contribution in [0.15, 0.2) is 41.3 Å². The third-order valence-corrected chi connectivity index (χ3v) is 13.9. The van der Waals surface area contributed by atoms with Crippen LogP contribution in [0.5, 0.6) is 5.75 Å². The van der Waals surface area contributed by atoms with Gasteiger partial charge < -0.3 is 29.7 Å². The highest BCUT2D eigenvalue weighted by atomic mass is 35.5. The predicted molar refractivity (Wildman–Crippen MR) is 229 cm³/mol. The van der Waals surface area contributed by atoms with Crippen molar-refractivity contribution in [3.63, 3.8) is 0 Å². The van der Waals surface area contributed by atoms with Crippen LogP contribution in [0.4, 0.5) is 36.3 Å². The number of imide groups is 1. The van der Waals surface area contributed by atoms with Crippen molar-refractivity contribution in [3.8, 4) is 5.75 Å². The van der Waals surface area contributed by atoms with Crippen molar-refractivity contribution in [1.29, 1.82) is 0 Å². The second kappa shape index (κ2) is 15.7. The number of aromatic nitrogens is 5. The molecule has 1 saturated carbocycles. The molecule has 18 heteroatoms.